The Kier molecular flexibility index (Phi) is 6.06. The fourth-order valence-corrected chi connectivity index (χ4v) is 2.52. The molecule has 0 fully saturated rings. The number of carbonyl (C=O) groups excluding carboxylic acids is 1. The van der Waals surface area contributed by atoms with Crippen molar-refractivity contribution >= 4 is 5.78 Å². The second kappa shape index (κ2) is 7.32. The zero-order valence-corrected chi connectivity index (χ0v) is 11.7. The van der Waals surface area contributed by atoms with E-state index >= 15 is 0 Å². The molecule has 0 saturated heterocycles. The van der Waals surface area contributed by atoms with Gasteiger partial charge in [-0.3, -0.25) is 4.79 Å². The quantitative estimate of drug-likeness (QED) is 0.655. The first kappa shape index (κ1) is 14.9. The maximum absolute atomic E-state index is 12.5. The van der Waals surface area contributed by atoms with Gasteiger partial charge in [-0.2, -0.15) is 0 Å². The molecular weight excluding hydrogens is 224 g/mol. The summed E-state index contributed by atoms with van der Waals surface area (Å²) in [7, 11) is 0. The molecule has 100 valence electrons. The first-order valence-corrected chi connectivity index (χ1v) is 6.87. The minimum Gasteiger partial charge on any atom is -0.381 e. The predicted octanol–water partition coefficient (Wildman–Crippen LogP) is 3.74. The van der Waals surface area contributed by atoms with Crippen LogP contribution in [-0.2, 0) is 14.9 Å². The lowest BCUT2D eigenvalue weighted by Gasteiger charge is -2.30. The Labute approximate surface area is 110 Å². The van der Waals surface area contributed by atoms with Crippen LogP contribution in [0, 0.1) is 0 Å². The number of carbonyl (C=O) groups is 1. The van der Waals surface area contributed by atoms with E-state index in [-0.39, 0.29) is 5.41 Å². The van der Waals surface area contributed by atoms with Gasteiger partial charge >= 0.3 is 0 Å². The van der Waals surface area contributed by atoms with Crippen molar-refractivity contribution in [2.75, 3.05) is 13.2 Å². The summed E-state index contributed by atoms with van der Waals surface area (Å²) in [5.41, 5.74) is 0.801. The van der Waals surface area contributed by atoms with Crippen LogP contribution < -0.4 is 0 Å². The molecule has 1 aromatic rings. The Morgan fingerprint density at radius 1 is 1.11 bits per heavy atom. The molecule has 0 aliphatic carbocycles. The second-order valence-electron chi connectivity index (χ2n) is 4.53. The van der Waals surface area contributed by atoms with Gasteiger partial charge in [0.25, 0.3) is 0 Å². The largest absolute Gasteiger partial charge is 0.381 e. The second-order valence-corrected chi connectivity index (χ2v) is 4.53. The van der Waals surface area contributed by atoms with E-state index in [1.165, 1.54) is 0 Å². The molecule has 0 spiro atoms. The van der Waals surface area contributed by atoms with Gasteiger partial charge < -0.3 is 4.74 Å². The third-order valence-electron chi connectivity index (χ3n) is 3.74. The van der Waals surface area contributed by atoms with Crippen molar-refractivity contribution in [3.63, 3.8) is 0 Å². The van der Waals surface area contributed by atoms with E-state index in [1.54, 1.807) is 0 Å². The number of rotatable bonds is 8. The van der Waals surface area contributed by atoms with E-state index in [0.717, 1.165) is 18.4 Å². The summed E-state index contributed by atoms with van der Waals surface area (Å²) in [6.07, 6.45) is 2.20. The van der Waals surface area contributed by atoms with Crippen LogP contribution in [0.25, 0.3) is 0 Å². The summed E-state index contributed by atoms with van der Waals surface area (Å²) >= 11 is 0. The van der Waals surface area contributed by atoms with Crippen molar-refractivity contribution in [3.05, 3.63) is 35.9 Å². The maximum Gasteiger partial charge on any atom is 0.145 e. The molecule has 0 saturated carbocycles. The van der Waals surface area contributed by atoms with Crippen molar-refractivity contribution in [2.24, 2.45) is 0 Å². The van der Waals surface area contributed by atoms with E-state index < -0.39 is 0 Å². The molecule has 18 heavy (non-hydrogen) atoms. The normalized spacial score (nSPS) is 11.5. The minimum absolute atomic E-state index is 0.298. The number of hydrogen-bond donors (Lipinski definition) is 0. The lowest BCUT2D eigenvalue weighted by molar-refractivity contribution is -0.126. The highest BCUT2D eigenvalue weighted by atomic mass is 16.5. The van der Waals surface area contributed by atoms with Crippen LogP contribution in [0.3, 0.4) is 0 Å². The fourth-order valence-electron chi connectivity index (χ4n) is 2.52. The topological polar surface area (TPSA) is 26.3 Å². The van der Waals surface area contributed by atoms with Gasteiger partial charge in [-0.25, -0.2) is 0 Å². The van der Waals surface area contributed by atoms with Crippen molar-refractivity contribution in [1.82, 2.24) is 0 Å². The molecule has 0 aromatic heterocycles. The van der Waals surface area contributed by atoms with Crippen molar-refractivity contribution in [2.45, 2.75) is 45.4 Å². The molecule has 0 heterocycles. The molecule has 0 amide bonds. The number of hydrogen-bond acceptors (Lipinski definition) is 2. The maximum atomic E-state index is 12.5. The molecule has 0 radical (unpaired) electrons. The van der Waals surface area contributed by atoms with E-state index in [9.17, 15) is 4.79 Å². The zero-order valence-electron chi connectivity index (χ0n) is 11.7. The number of benzene rings is 1. The molecule has 0 N–H and O–H groups in total. The van der Waals surface area contributed by atoms with E-state index in [4.69, 9.17) is 4.74 Å². The lowest BCUT2D eigenvalue weighted by atomic mass is 9.71. The SMILES string of the molecule is CCOCCC(=O)C(CC)(CC)c1ccccc1. The van der Waals surface area contributed by atoms with Gasteiger partial charge in [-0.15, -0.1) is 0 Å². The first-order chi connectivity index (χ1) is 8.71. The number of Topliss-reactive ketones (excluding diaryl/α,β-unsaturated/α-hetero) is 1. The Hall–Kier alpha value is -1.15. The Morgan fingerprint density at radius 3 is 2.22 bits per heavy atom. The van der Waals surface area contributed by atoms with Crippen LogP contribution >= 0.6 is 0 Å². The summed E-state index contributed by atoms with van der Waals surface area (Å²) in [6.45, 7) is 7.34. The zero-order chi connectivity index (χ0) is 13.4. The molecule has 2 heteroatoms. The predicted molar refractivity (Wildman–Crippen MR) is 74.8 cm³/mol. The number of ether oxygens (including phenoxy) is 1. The van der Waals surface area contributed by atoms with Crippen LogP contribution in [0.1, 0.15) is 45.6 Å². The van der Waals surface area contributed by atoms with Crippen LogP contribution in [0.15, 0.2) is 30.3 Å². The molecule has 0 aliphatic rings. The summed E-state index contributed by atoms with van der Waals surface area (Å²) in [4.78, 5) is 12.5. The number of ketones is 1. The minimum atomic E-state index is -0.335. The van der Waals surface area contributed by atoms with Gasteiger partial charge in [-0.1, -0.05) is 44.2 Å². The smallest absolute Gasteiger partial charge is 0.145 e. The van der Waals surface area contributed by atoms with Gasteiger partial charge in [0.1, 0.15) is 5.78 Å². The fraction of sp³-hybridized carbons (Fsp3) is 0.562. The van der Waals surface area contributed by atoms with Crippen molar-refractivity contribution in [3.8, 4) is 0 Å². The molecule has 0 atom stereocenters. The summed E-state index contributed by atoms with van der Waals surface area (Å²) in [6, 6.07) is 10.1. The van der Waals surface area contributed by atoms with Gasteiger partial charge in [0.15, 0.2) is 0 Å². The van der Waals surface area contributed by atoms with E-state index in [1.807, 2.05) is 25.1 Å². The summed E-state index contributed by atoms with van der Waals surface area (Å²) in [5, 5.41) is 0. The third-order valence-corrected chi connectivity index (χ3v) is 3.74. The highest BCUT2D eigenvalue weighted by Crippen LogP contribution is 2.33. The molecule has 0 bridgehead atoms. The lowest BCUT2D eigenvalue weighted by Crippen LogP contribution is -2.35. The summed E-state index contributed by atoms with van der Waals surface area (Å²) in [5.74, 6) is 0.298. The van der Waals surface area contributed by atoms with Crippen molar-refractivity contribution in [1.29, 1.82) is 0 Å². The molecule has 0 aliphatic heterocycles. The molecule has 0 unspecified atom stereocenters. The molecular formula is C16H24O2. The first-order valence-electron chi connectivity index (χ1n) is 6.87. The standard InChI is InChI=1S/C16H24O2/c1-4-16(5-2,14-10-8-7-9-11-14)15(17)12-13-18-6-3/h7-11H,4-6,12-13H2,1-3H3. The van der Waals surface area contributed by atoms with Gasteiger partial charge in [0.05, 0.1) is 12.0 Å². The van der Waals surface area contributed by atoms with Gasteiger partial charge in [0, 0.05) is 13.0 Å². The van der Waals surface area contributed by atoms with Gasteiger partial charge in [-0.05, 0) is 25.3 Å². The van der Waals surface area contributed by atoms with E-state index in [0.29, 0.717) is 25.4 Å². The van der Waals surface area contributed by atoms with Crippen molar-refractivity contribution < 1.29 is 9.53 Å². The average Bonchev–Trinajstić information content (AvgIpc) is 2.42. The van der Waals surface area contributed by atoms with E-state index in [2.05, 4.69) is 26.0 Å². The van der Waals surface area contributed by atoms with Crippen LogP contribution in [0.5, 0.6) is 0 Å². The Balaban J connectivity index is 2.90. The average molecular weight is 248 g/mol. The molecule has 1 aromatic carbocycles. The monoisotopic (exact) mass is 248 g/mol. The van der Waals surface area contributed by atoms with Crippen LogP contribution in [0.4, 0.5) is 0 Å². The Morgan fingerprint density at radius 2 is 1.72 bits per heavy atom. The Bertz CT molecular complexity index is 353. The third kappa shape index (κ3) is 3.20. The van der Waals surface area contributed by atoms with Crippen LogP contribution in [-0.4, -0.2) is 19.0 Å². The molecule has 2 nitrogen and oxygen atoms in total. The highest BCUT2D eigenvalue weighted by Gasteiger charge is 2.35. The van der Waals surface area contributed by atoms with Crippen LogP contribution in [0.2, 0.25) is 0 Å². The van der Waals surface area contributed by atoms with Gasteiger partial charge in [0.2, 0.25) is 0 Å². The highest BCUT2D eigenvalue weighted by molar-refractivity contribution is 5.90. The molecule has 1 rings (SSSR count). The summed E-state index contributed by atoms with van der Waals surface area (Å²) < 4.78 is 5.30.